The van der Waals surface area contributed by atoms with Gasteiger partial charge in [-0.1, -0.05) is 0 Å². The summed E-state index contributed by atoms with van der Waals surface area (Å²) in [5, 5.41) is 16.6. The minimum atomic E-state index is -0.872. The number of carbonyl (C=O) groups excluding carboxylic acids is 2. The van der Waals surface area contributed by atoms with E-state index in [4.69, 9.17) is 0 Å². The molecule has 2 aliphatic heterocycles. The van der Waals surface area contributed by atoms with Crippen LogP contribution in [0.4, 0.5) is 4.79 Å². The van der Waals surface area contributed by atoms with E-state index in [0.717, 1.165) is 17.0 Å². The topological polar surface area (TPSA) is 108 Å². The Morgan fingerprint density at radius 1 is 1.26 bits per heavy atom. The Labute approximate surface area is 158 Å². The molecule has 0 radical (unpaired) electrons. The van der Waals surface area contributed by atoms with Crippen molar-refractivity contribution in [2.24, 2.45) is 13.0 Å². The molecule has 3 atom stereocenters. The summed E-state index contributed by atoms with van der Waals surface area (Å²) < 4.78 is 1.78. The zero-order valence-electron chi connectivity index (χ0n) is 16.2. The number of carboxylic acid groups (broad SMARTS) is 1. The molecule has 0 aliphatic carbocycles. The number of piperidine rings is 1. The van der Waals surface area contributed by atoms with Gasteiger partial charge in [0.1, 0.15) is 0 Å². The van der Waals surface area contributed by atoms with Gasteiger partial charge >= 0.3 is 12.0 Å². The Bertz CT molecular complexity index is 774. The van der Waals surface area contributed by atoms with Gasteiger partial charge < -0.3 is 20.2 Å². The smallest absolute Gasteiger partial charge is 0.317 e. The first-order valence-corrected chi connectivity index (χ1v) is 9.24. The van der Waals surface area contributed by atoms with Crippen LogP contribution in [-0.4, -0.2) is 68.8 Å². The lowest BCUT2D eigenvalue weighted by atomic mass is 9.97. The lowest BCUT2D eigenvalue weighted by molar-refractivity contribution is -0.143. The number of likely N-dealkylation sites (N-methyl/N-ethyl adjacent to an activating group) is 1. The molecule has 2 fully saturated rings. The van der Waals surface area contributed by atoms with Crippen LogP contribution in [0.3, 0.4) is 0 Å². The first-order chi connectivity index (χ1) is 12.7. The Kier molecular flexibility index (Phi) is 5.12. The van der Waals surface area contributed by atoms with Gasteiger partial charge in [0, 0.05) is 44.9 Å². The molecule has 3 rings (SSSR count). The van der Waals surface area contributed by atoms with Crippen LogP contribution in [0.5, 0.6) is 0 Å². The molecule has 2 aliphatic rings. The minimum Gasteiger partial charge on any atom is -0.481 e. The molecule has 0 bridgehead atoms. The maximum absolute atomic E-state index is 12.8. The number of likely N-dealkylation sites (tertiary alicyclic amines) is 2. The Morgan fingerprint density at radius 2 is 1.96 bits per heavy atom. The number of aryl methyl sites for hydroxylation is 2. The van der Waals surface area contributed by atoms with Crippen LogP contribution in [-0.2, 0) is 16.6 Å². The molecule has 9 heteroatoms. The molecule has 148 valence electrons. The molecule has 2 saturated heterocycles. The van der Waals surface area contributed by atoms with E-state index >= 15 is 0 Å². The van der Waals surface area contributed by atoms with Crippen molar-refractivity contribution in [3.8, 4) is 0 Å². The molecule has 3 amide bonds. The second-order valence-corrected chi connectivity index (χ2v) is 7.54. The first kappa shape index (κ1) is 19.2. The number of nitrogens with one attached hydrogen (secondary N) is 1. The van der Waals surface area contributed by atoms with E-state index in [9.17, 15) is 19.5 Å². The molecule has 3 heterocycles. The van der Waals surface area contributed by atoms with Gasteiger partial charge in [-0.3, -0.25) is 14.3 Å². The van der Waals surface area contributed by atoms with E-state index in [0.29, 0.717) is 19.4 Å². The second-order valence-electron chi connectivity index (χ2n) is 7.54. The average molecular weight is 377 g/mol. The van der Waals surface area contributed by atoms with Crippen molar-refractivity contribution >= 4 is 17.9 Å². The van der Waals surface area contributed by atoms with Crippen LogP contribution in [0, 0.1) is 19.8 Å². The second kappa shape index (κ2) is 7.21. The number of hydrogen-bond donors (Lipinski definition) is 2. The highest BCUT2D eigenvalue weighted by atomic mass is 16.4. The number of amides is 3. The molecular weight excluding hydrogens is 350 g/mol. The summed E-state index contributed by atoms with van der Waals surface area (Å²) in [6.07, 6.45) is 1.47. The third-order valence-electron chi connectivity index (χ3n) is 5.81. The van der Waals surface area contributed by atoms with Crippen LogP contribution in [0.25, 0.3) is 0 Å². The molecule has 1 aromatic heterocycles. The highest BCUT2D eigenvalue weighted by Crippen LogP contribution is 2.35. The normalized spacial score (nSPS) is 25.8. The summed E-state index contributed by atoms with van der Waals surface area (Å²) >= 11 is 0. The maximum Gasteiger partial charge on any atom is 0.317 e. The van der Waals surface area contributed by atoms with Gasteiger partial charge in [0.15, 0.2) is 0 Å². The molecular formula is C18H27N5O4. The predicted molar refractivity (Wildman–Crippen MR) is 97.1 cm³/mol. The summed E-state index contributed by atoms with van der Waals surface area (Å²) in [7, 11) is 3.60. The Hall–Kier alpha value is -2.58. The molecule has 0 spiro atoms. The van der Waals surface area contributed by atoms with Crippen molar-refractivity contribution in [3.63, 3.8) is 0 Å². The van der Waals surface area contributed by atoms with Crippen molar-refractivity contribution in [1.29, 1.82) is 0 Å². The van der Waals surface area contributed by atoms with Gasteiger partial charge in [-0.25, -0.2) is 4.79 Å². The molecule has 0 saturated carbocycles. The molecule has 9 nitrogen and oxygen atoms in total. The molecule has 2 N–H and O–H groups in total. The standard InChI is InChI=1S/C18H27N5O4/c1-10-15(11(2)22(4)20-10)16-13(8-14(24)21(16)3)19-18(27)23-7-5-6-12(9-23)17(25)26/h12-13,16H,5-9H2,1-4H3,(H,19,27)(H,25,26)/t12?,13-,16-/m1/s1. The zero-order valence-corrected chi connectivity index (χ0v) is 16.2. The van der Waals surface area contributed by atoms with E-state index in [1.54, 1.807) is 21.5 Å². The number of hydrogen-bond acceptors (Lipinski definition) is 4. The summed E-state index contributed by atoms with van der Waals surface area (Å²) in [6.45, 7) is 4.59. The third-order valence-corrected chi connectivity index (χ3v) is 5.81. The lowest BCUT2D eigenvalue weighted by Crippen LogP contribution is -2.50. The molecule has 0 aromatic carbocycles. The van der Waals surface area contributed by atoms with Crippen LogP contribution in [0.15, 0.2) is 0 Å². The zero-order chi connectivity index (χ0) is 19.9. The first-order valence-electron chi connectivity index (χ1n) is 9.24. The van der Waals surface area contributed by atoms with Crippen LogP contribution in [0.1, 0.15) is 42.3 Å². The molecule has 27 heavy (non-hydrogen) atoms. The van der Waals surface area contributed by atoms with E-state index in [-0.39, 0.29) is 37.0 Å². The SMILES string of the molecule is Cc1nn(C)c(C)c1[C@H]1[C@H](NC(=O)N2CCCC(C(=O)O)C2)CC(=O)N1C. The van der Waals surface area contributed by atoms with E-state index in [1.807, 2.05) is 20.9 Å². The van der Waals surface area contributed by atoms with Gasteiger partial charge in [0.25, 0.3) is 0 Å². The van der Waals surface area contributed by atoms with Gasteiger partial charge in [0.2, 0.25) is 5.91 Å². The monoisotopic (exact) mass is 377 g/mol. The van der Waals surface area contributed by atoms with Gasteiger partial charge in [-0.05, 0) is 26.7 Å². The number of aromatic nitrogens is 2. The Morgan fingerprint density at radius 3 is 2.56 bits per heavy atom. The molecule has 1 aromatic rings. The quantitative estimate of drug-likeness (QED) is 0.811. The number of rotatable bonds is 3. The molecule has 1 unspecified atom stereocenters. The number of carbonyl (C=O) groups is 3. The summed E-state index contributed by atoms with van der Waals surface area (Å²) in [6, 6.07) is -0.963. The van der Waals surface area contributed by atoms with Crippen molar-refractivity contribution in [2.75, 3.05) is 20.1 Å². The number of urea groups is 1. The van der Waals surface area contributed by atoms with Crippen molar-refractivity contribution in [3.05, 3.63) is 17.0 Å². The van der Waals surface area contributed by atoms with Crippen molar-refractivity contribution in [2.45, 2.75) is 45.2 Å². The fourth-order valence-electron chi connectivity index (χ4n) is 4.22. The van der Waals surface area contributed by atoms with Gasteiger partial charge in [-0.15, -0.1) is 0 Å². The van der Waals surface area contributed by atoms with Gasteiger partial charge in [0.05, 0.1) is 23.7 Å². The summed E-state index contributed by atoms with van der Waals surface area (Å²) in [4.78, 5) is 39.6. The highest BCUT2D eigenvalue weighted by molar-refractivity contribution is 5.83. The van der Waals surface area contributed by atoms with Crippen molar-refractivity contribution in [1.82, 2.24) is 24.9 Å². The summed E-state index contributed by atoms with van der Waals surface area (Å²) in [5.74, 6) is -1.44. The van der Waals surface area contributed by atoms with E-state index in [2.05, 4.69) is 10.4 Å². The highest BCUT2D eigenvalue weighted by Gasteiger charge is 2.42. The predicted octanol–water partition coefficient (Wildman–Crippen LogP) is 0.815. The fraction of sp³-hybridized carbons (Fsp3) is 0.667. The van der Waals surface area contributed by atoms with Gasteiger partial charge in [-0.2, -0.15) is 5.10 Å². The number of aliphatic carboxylic acids is 1. The van der Waals surface area contributed by atoms with E-state index < -0.39 is 11.9 Å². The maximum atomic E-state index is 12.8. The largest absolute Gasteiger partial charge is 0.481 e. The summed E-state index contributed by atoms with van der Waals surface area (Å²) in [5.41, 5.74) is 2.75. The Balaban J connectivity index is 1.79. The third kappa shape index (κ3) is 3.50. The number of carboxylic acids is 1. The lowest BCUT2D eigenvalue weighted by Gasteiger charge is -2.33. The van der Waals surface area contributed by atoms with Crippen LogP contribution >= 0.6 is 0 Å². The van der Waals surface area contributed by atoms with Crippen LogP contribution in [0.2, 0.25) is 0 Å². The fourth-order valence-corrected chi connectivity index (χ4v) is 4.22. The van der Waals surface area contributed by atoms with Crippen molar-refractivity contribution < 1.29 is 19.5 Å². The minimum absolute atomic E-state index is 0.0324. The van der Waals surface area contributed by atoms with Crippen LogP contribution < -0.4 is 5.32 Å². The average Bonchev–Trinajstić information content (AvgIpc) is 3.03. The van der Waals surface area contributed by atoms with E-state index in [1.165, 1.54) is 0 Å². The number of nitrogens with zero attached hydrogens (tertiary/aromatic N) is 4.